The molecular formula is C21H24N2O5S. The molecule has 1 fully saturated rings. The predicted octanol–water partition coefficient (Wildman–Crippen LogP) is 1.78. The molecule has 1 atom stereocenters. The van der Waals surface area contributed by atoms with Crippen molar-refractivity contribution >= 4 is 15.9 Å². The molecule has 2 aromatic carbocycles. The van der Waals surface area contributed by atoms with Crippen molar-refractivity contribution in [2.24, 2.45) is 5.92 Å². The maximum atomic E-state index is 12.9. The summed E-state index contributed by atoms with van der Waals surface area (Å²) in [7, 11) is -2.05. The minimum absolute atomic E-state index is 0.0287. The third kappa shape index (κ3) is 3.95. The van der Waals surface area contributed by atoms with E-state index in [2.05, 4.69) is 0 Å². The third-order valence-corrected chi connectivity index (χ3v) is 7.39. The number of hydrogen-bond donors (Lipinski definition) is 0. The number of rotatable bonds is 4. The zero-order chi connectivity index (χ0) is 20.4. The van der Waals surface area contributed by atoms with Gasteiger partial charge in [0.05, 0.1) is 17.9 Å². The highest BCUT2D eigenvalue weighted by Crippen LogP contribution is 2.28. The van der Waals surface area contributed by atoms with Gasteiger partial charge in [0.1, 0.15) is 18.1 Å². The van der Waals surface area contributed by atoms with Gasteiger partial charge in [-0.25, -0.2) is 8.42 Å². The lowest BCUT2D eigenvalue weighted by atomic mass is 9.95. The summed E-state index contributed by atoms with van der Waals surface area (Å²) < 4.78 is 38.0. The Kier molecular flexibility index (Phi) is 5.47. The van der Waals surface area contributed by atoms with E-state index in [1.807, 2.05) is 24.3 Å². The van der Waals surface area contributed by atoms with Crippen molar-refractivity contribution in [2.75, 3.05) is 39.9 Å². The first-order valence-electron chi connectivity index (χ1n) is 9.63. The van der Waals surface area contributed by atoms with Crippen LogP contribution >= 0.6 is 0 Å². The van der Waals surface area contributed by atoms with Gasteiger partial charge in [0, 0.05) is 26.2 Å². The number of piperazine rings is 1. The Morgan fingerprint density at radius 1 is 1.03 bits per heavy atom. The molecule has 1 amide bonds. The number of amides is 1. The van der Waals surface area contributed by atoms with Crippen molar-refractivity contribution in [2.45, 2.75) is 11.3 Å². The Bertz CT molecular complexity index is 982. The molecule has 0 spiro atoms. The second-order valence-electron chi connectivity index (χ2n) is 7.22. The van der Waals surface area contributed by atoms with E-state index >= 15 is 0 Å². The minimum Gasteiger partial charge on any atom is -0.497 e. The van der Waals surface area contributed by atoms with E-state index in [-0.39, 0.29) is 29.8 Å². The van der Waals surface area contributed by atoms with Gasteiger partial charge in [-0.3, -0.25) is 4.79 Å². The molecule has 8 heteroatoms. The molecule has 1 saturated heterocycles. The number of fused-ring (bicyclic) bond motifs is 1. The molecule has 7 nitrogen and oxygen atoms in total. The van der Waals surface area contributed by atoms with E-state index < -0.39 is 10.0 Å². The van der Waals surface area contributed by atoms with Gasteiger partial charge in [-0.1, -0.05) is 18.2 Å². The number of sulfonamides is 1. The van der Waals surface area contributed by atoms with Crippen LogP contribution in [0.1, 0.15) is 5.56 Å². The fourth-order valence-corrected chi connectivity index (χ4v) is 5.21. The number of methoxy groups -OCH3 is 1. The molecule has 0 saturated carbocycles. The molecule has 2 aromatic rings. The number of hydrogen-bond acceptors (Lipinski definition) is 5. The summed E-state index contributed by atoms with van der Waals surface area (Å²) in [6.45, 7) is 1.69. The topological polar surface area (TPSA) is 76.2 Å². The first-order chi connectivity index (χ1) is 14.0. The molecule has 0 unspecified atom stereocenters. The molecule has 2 aliphatic rings. The van der Waals surface area contributed by atoms with Crippen LogP contribution in [-0.2, 0) is 21.2 Å². The molecule has 0 aliphatic carbocycles. The highest BCUT2D eigenvalue weighted by atomic mass is 32.2. The average Bonchev–Trinajstić information content (AvgIpc) is 2.78. The molecule has 4 rings (SSSR count). The number of nitrogens with zero attached hydrogens (tertiary/aromatic N) is 2. The molecule has 0 aromatic heterocycles. The van der Waals surface area contributed by atoms with Crippen molar-refractivity contribution < 1.29 is 22.7 Å². The van der Waals surface area contributed by atoms with E-state index in [1.165, 1.54) is 11.4 Å². The third-order valence-electron chi connectivity index (χ3n) is 5.48. The van der Waals surface area contributed by atoms with Crippen molar-refractivity contribution in [3.05, 3.63) is 54.1 Å². The first kappa shape index (κ1) is 19.7. The van der Waals surface area contributed by atoms with Crippen molar-refractivity contribution in [1.82, 2.24) is 9.21 Å². The van der Waals surface area contributed by atoms with Crippen LogP contribution in [0.2, 0.25) is 0 Å². The lowest BCUT2D eigenvalue weighted by Gasteiger charge is -2.36. The van der Waals surface area contributed by atoms with E-state index in [1.54, 1.807) is 29.2 Å². The van der Waals surface area contributed by atoms with Crippen LogP contribution in [0.3, 0.4) is 0 Å². The average molecular weight is 416 g/mol. The van der Waals surface area contributed by atoms with Crippen molar-refractivity contribution in [1.29, 1.82) is 0 Å². The molecular weight excluding hydrogens is 392 g/mol. The van der Waals surface area contributed by atoms with Crippen LogP contribution < -0.4 is 9.47 Å². The Hall–Kier alpha value is -2.58. The number of carbonyl (C=O) groups is 1. The maximum Gasteiger partial charge on any atom is 0.243 e. The fraction of sp³-hybridized carbons (Fsp3) is 0.381. The number of carbonyl (C=O) groups excluding carboxylic acids is 1. The summed E-state index contributed by atoms with van der Waals surface area (Å²) in [4.78, 5) is 14.9. The Labute approximate surface area is 170 Å². The highest BCUT2D eigenvalue weighted by molar-refractivity contribution is 7.89. The Morgan fingerprint density at radius 3 is 2.41 bits per heavy atom. The van der Waals surface area contributed by atoms with Gasteiger partial charge >= 0.3 is 0 Å². The van der Waals surface area contributed by atoms with Crippen molar-refractivity contribution in [3.63, 3.8) is 0 Å². The fourth-order valence-electron chi connectivity index (χ4n) is 3.79. The quantitative estimate of drug-likeness (QED) is 0.760. The second-order valence-corrected chi connectivity index (χ2v) is 9.16. The van der Waals surface area contributed by atoms with E-state index in [0.29, 0.717) is 31.9 Å². The number of para-hydroxylation sites is 1. The summed E-state index contributed by atoms with van der Waals surface area (Å²) in [5, 5.41) is 0. The Morgan fingerprint density at radius 2 is 1.72 bits per heavy atom. The first-order valence-corrected chi connectivity index (χ1v) is 11.1. The standard InChI is InChI=1S/C21H24N2O5S/c1-27-18-6-8-19(9-7-18)29(25,26)23-12-10-22(11-13-23)21(24)17-14-16-4-2-3-5-20(16)28-15-17/h2-9,17H,10-15H2,1H3/t17-/m0/s1. The van der Waals surface area contributed by atoms with Gasteiger partial charge in [-0.15, -0.1) is 0 Å². The van der Waals surface area contributed by atoms with Crippen molar-refractivity contribution in [3.8, 4) is 11.5 Å². The van der Waals surface area contributed by atoms with E-state index in [4.69, 9.17) is 9.47 Å². The van der Waals surface area contributed by atoms with E-state index in [9.17, 15) is 13.2 Å². The summed E-state index contributed by atoms with van der Waals surface area (Å²) in [6.07, 6.45) is 0.652. The highest BCUT2D eigenvalue weighted by Gasteiger charge is 2.34. The van der Waals surface area contributed by atoms with Crippen LogP contribution in [0.5, 0.6) is 11.5 Å². The van der Waals surface area contributed by atoms with Gasteiger partial charge in [0.25, 0.3) is 0 Å². The van der Waals surface area contributed by atoms with Crippen LogP contribution in [0, 0.1) is 5.92 Å². The number of benzene rings is 2. The molecule has 0 bridgehead atoms. The van der Waals surface area contributed by atoms with Gasteiger partial charge in [-0.2, -0.15) is 4.31 Å². The summed E-state index contributed by atoms with van der Waals surface area (Å²) in [5.41, 5.74) is 1.04. The summed E-state index contributed by atoms with van der Waals surface area (Å²) in [6, 6.07) is 14.1. The van der Waals surface area contributed by atoms with Crippen LogP contribution in [-0.4, -0.2) is 63.4 Å². The monoisotopic (exact) mass is 416 g/mol. The molecule has 0 N–H and O–H groups in total. The van der Waals surface area contributed by atoms with Gasteiger partial charge in [-0.05, 0) is 42.3 Å². The maximum absolute atomic E-state index is 12.9. The zero-order valence-corrected chi connectivity index (χ0v) is 17.1. The smallest absolute Gasteiger partial charge is 0.243 e. The largest absolute Gasteiger partial charge is 0.497 e. The molecule has 2 heterocycles. The summed E-state index contributed by atoms with van der Waals surface area (Å²) in [5.74, 6) is 1.25. The molecule has 2 aliphatic heterocycles. The molecule has 154 valence electrons. The Balaban J connectivity index is 1.38. The molecule has 29 heavy (non-hydrogen) atoms. The lowest BCUT2D eigenvalue weighted by Crippen LogP contribution is -2.52. The predicted molar refractivity (Wildman–Crippen MR) is 107 cm³/mol. The SMILES string of the molecule is COc1ccc(S(=O)(=O)N2CCN(C(=O)[C@@H]3COc4ccccc4C3)CC2)cc1. The van der Waals surface area contributed by atoms with Crippen LogP contribution in [0.25, 0.3) is 0 Å². The van der Waals surface area contributed by atoms with Gasteiger partial charge < -0.3 is 14.4 Å². The van der Waals surface area contributed by atoms with Crippen LogP contribution in [0.15, 0.2) is 53.4 Å². The minimum atomic E-state index is -3.59. The van der Waals surface area contributed by atoms with Gasteiger partial charge in [0.2, 0.25) is 15.9 Å². The summed E-state index contributed by atoms with van der Waals surface area (Å²) >= 11 is 0. The lowest BCUT2D eigenvalue weighted by molar-refractivity contribution is -0.138. The van der Waals surface area contributed by atoms with E-state index in [0.717, 1.165) is 11.3 Å². The van der Waals surface area contributed by atoms with Gasteiger partial charge in [0.15, 0.2) is 0 Å². The normalized spacial score (nSPS) is 19.9. The van der Waals surface area contributed by atoms with Crippen LogP contribution in [0.4, 0.5) is 0 Å². The molecule has 0 radical (unpaired) electrons. The second kappa shape index (κ2) is 8.04. The zero-order valence-electron chi connectivity index (χ0n) is 16.3. The number of ether oxygens (including phenoxy) is 2.